The van der Waals surface area contributed by atoms with Crippen molar-refractivity contribution in [2.75, 3.05) is 7.11 Å². The summed E-state index contributed by atoms with van der Waals surface area (Å²) in [5.74, 6) is 0. The summed E-state index contributed by atoms with van der Waals surface area (Å²) >= 11 is 0.461. The first-order valence-electron chi connectivity index (χ1n) is 1.87. The topological polar surface area (TPSA) is 18.5 Å². The third kappa shape index (κ3) is 2.78. The second-order valence-electron chi connectivity index (χ2n) is 1.04. The Bertz CT molecular complexity index is 28.0. The van der Waals surface area contributed by atoms with Crippen LogP contribution in [0.2, 0.25) is 0 Å². The molecule has 0 aromatic carbocycles. The van der Waals surface area contributed by atoms with Crippen molar-refractivity contribution in [3.05, 3.63) is 0 Å². The van der Waals surface area contributed by atoms with Crippen LogP contribution in [0.25, 0.3) is 0 Å². The first kappa shape index (κ1) is 6.56. The molecule has 0 spiro atoms. The fraction of sp³-hybridized carbons (Fsp3) is 1.00. The van der Waals surface area contributed by atoms with E-state index < -0.39 is 0 Å². The van der Waals surface area contributed by atoms with Crippen molar-refractivity contribution in [3.63, 3.8) is 0 Å². The minimum absolute atomic E-state index is 0.0185. The molecule has 1 atom stereocenters. The number of ether oxygens (including phenoxy) is 1. The van der Waals surface area contributed by atoms with Gasteiger partial charge in [-0.15, -0.1) is 0 Å². The van der Waals surface area contributed by atoms with Crippen molar-refractivity contribution in [2.24, 2.45) is 0 Å². The Morgan fingerprint density at radius 2 is 2.17 bits per heavy atom. The molecule has 0 bridgehead atoms. The van der Waals surface area contributed by atoms with Crippen molar-refractivity contribution in [3.8, 4) is 0 Å². The van der Waals surface area contributed by atoms with E-state index in [0.29, 0.717) is 19.0 Å². The van der Waals surface area contributed by atoms with Gasteiger partial charge in [0.05, 0.1) is 0 Å². The summed E-state index contributed by atoms with van der Waals surface area (Å²) in [6, 6.07) is 0. The van der Waals surface area contributed by atoms with E-state index in [-0.39, 0.29) is 6.29 Å². The number of methoxy groups -OCH3 is 1. The molecule has 0 aliphatic heterocycles. The molecule has 6 heavy (non-hydrogen) atoms. The molecule has 0 aromatic rings. The van der Waals surface area contributed by atoms with Crippen LogP contribution < -0.4 is 0 Å². The molecule has 2 nitrogen and oxygen atoms in total. The van der Waals surface area contributed by atoms with Crippen LogP contribution in [0.15, 0.2) is 0 Å². The Labute approximate surface area is 48.2 Å². The number of rotatable bonds is 2. The predicted molar refractivity (Wildman–Crippen MR) is 26.1 cm³/mol. The SMILES string of the molecule is COC(C)[O][GaH2]. The Kier molecular flexibility index (Phi) is 4.08. The van der Waals surface area contributed by atoms with E-state index in [1.165, 1.54) is 0 Å². The molecular formula is C3H9GaO2. The van der Waals surface area contributed by atoms with Gasteiger partial charge in [0, 0.05) is 0 Å². The molecule has 0 aliphatic carbocycles. The zero-order chi connectivity index (χ0) is 4.99. The average molecular weight is 147 g/mol. The van der Waals surface area contributed by atoms with Crippen LogP contribution in [0.1, 0.15) is 6.92 Å². The van der Waals surface area contributed by atoms with Gasteiger partial charge in [-0.1, -0.05) is 0 Å². The summed E-state index contributed by atoms with van der Waals surface area (Å²) in [6.45, 7) is 1.88. The molecule has 0 aromatic heterocycles. The molecular weight excluding hydrogens is 138 g/mol. The zero-order valence-electron chi connectivity index (χ0n) is 4.39. The Balaban J connectivity index is 2.75. The van der Waals surface area contributed by atoms with E-state index in [4.69, 9.17) is 8.27 Å². The summed E-state index contributed by atoms with van der Waals surface area (Å²) in [5.41, 5.74) is 0. The van der Waals surface area contributed by atoms with E-state index in [0.717, 1.165) is 0 Å². The average Bonchev–Trinajstić information content (AvgIpc) is 1.65. The summed E-state index contributed by atoms with van der Waals surface area (Å²) in [6.07, 6.45) is 0.0185. The summed E-state index contributed by atoms with van der Waals surface area (Å²) < 4.78 is 9.59. The van der Waals surface area contributed by atoms with Crippen LogP contribution in [0.4, 0.5) is 0 Å². The maximum atomic E-state index is 4.86. The zero-order valence-corrected chi connectivity index (χ0v) is 8.59. The molecule has 0 saturated carbocycles. The van der Waals surface area contributed by atoms with Gasteiger partial charge in [-0.2, -0.15) is 0 Å². The summed E-state index contributed by atoms with van der Waals surface area (Å²) in [4.78, 5) is 0. The molecule has 0 fully saturated rings. The third-order valence-electron chi connectivity index (χ3n) is 0.664. The van der Waals surface area contributed by atoms with E-state index in [1.54, 1.807) is 7.11 Å². The van der Waals surface area contributed by atoms with Crippen LogP contribution >= 0.6 is 0 Å². The van der Waals surface area contributed by atoms with Crippen LogP contribution in [0, 0.1) is 0 Å². The van der Waals surface area contributed by atoms with Gasteiger partial charge in [-0.25, -0.2) is 0 Å². The van der Waals surface area contributed by atoms with Gasteiger partial charge in [0.1, 0.15) is 0 Å². The number of hydrogen-bond acceptors (Lipinski definition) is 2. The second kappa shape index (κ2) is 3.74. The van der Waals surface area contributed by atoms with Crippen molar-refractivity contribution < 1.29 is 8.27 Å². The van der Waals surface area contributed by atoms with Gasteiger partial charge in [0.25, 0.3) is 0 Å². The van der Waals surface area contributed by atoms with Gasteiger partial charge in [0.15, 0.2) is 0 Å². The Hall–Kier alpha value is 0.556. The predicted octanol–water partition coefficient (Wildman–Crippen LogP) is -0.457. The maximum absolute atomic E-state index is 4.86. The summed E-state index contributed by atoms with van der Waals surface area (Å²) in [5, 5.41) is 0. The Morgan fingerprint density at radius 3 is 2.17 bits per heavy atom. The fourth-order valence-electron chi connectivity index (χ4n) is 0.0962. The Morgan fingerprint density at radius 1 is 1.67 bits per heavy atom. The van der Waals surface area contributed by atoms with E-state index in [2.05, 4.69) is 0 Å². The van der Waals surface area contributed by atoms with Gasteiger partial charge in [-0.3, -0.25) is 0 Å². The summed E-state index contributed by atoms with van der Waals surface area (Å²) in [7, 11) is 1.64. The quantitative estimate of drug-likeness (QED) is 0.388. The van der Waals surface area contributed by atoms with Gasteiger partial charge in [-0.05, 0) is 0 Å². The molecule has 0 saturated heterocycles. The van der Waals surface area contributed by atoms with Crippen molar-refractivity contribution in [1.82, 2.24) is 0 Å². The number of hydrogen-bond donors (Lipinski definition) is 0. The van der Waals surface area contributed by atoms with Crippen LogP contribution in [0.5, 0.6) is 0 Å². The normalized spacial score (nSPS) is 14.3. The second-order valence-corrected chi connectivity index (χ2v) is 2.03. The van der Waals surface area contributed by atoms with Crippen molar-refractivity contribution in [1.29, 1.82) is 0 Å². The fourth-order valence-corrected chi connectivity index (χ4v) is 0.500. The molecule has 0 aliphatic rings. The van der Waals surface area contributed by atoms with Crippen LogP contribution in [-0.2, 0) is 8.27 Å². The first-order valence-corrected chi connectivity index (χ1v) is 3.58. The van der Waals surface area contributed by atoms with Gasteiger partial charge in [0.2, 0.25) is 0 Å². The standard InChI is InChI=1S/C3H7O2.Ga.2H/c1-3(4)5-2;;;/h3H,1-2H3;;;/q-1;+1;;. The molecule has 0 amide bonds. The molecule has 0 radical (unpaired) electrons. The van der Waals surface area contributed by atoms with Crippen molar-refractivity contribution >= 4 is 19.0 Å². The minimum atomic E-state index is 0.0185. The third-order valence-corrected chi connectivity index (χ3v) is 2.06. The van der Waals surface area contributed by atoms with Crippen LogP contribution in [-0.4, -0.2) is 32.4 Å². The molecule has 1 unspecified atom stereocenters. The molecule has 0 rings (SSSR count). The van der Waals surface area contributed by atoms with Crippen molar-refractivity contribution in [2.45, 2.75) is 13.2 Å². The monoisotopic (exact) mass is 146 g/mol. The first-order chi connectivity index (χ1) is 2.81. The van der Waals surface area contributed by atoms with Crippen LogP contribution in [0.3, 0.4) is 0 Å². The van der Waals surface area contributed by atoms with Gasteiger partial charge >= 0.3 is 47.6 Å². The van der Waals surface area contributed by atoms with E-state index in [9.17, 15) is 0 Å². The molecule has 0 N–H and O–H groups in total. The van der Waals surface area contributed by atoms with Gasteiger partial charge < -0.3 is 0 Å². The molecule has 3 heteroatoms. The van der Waals surface area contributed by atoms with E-state index >= 15 is 0 Å². The molecule has 0 heterocycles. The van der Waals surface area contributed by atoms with E-state index in [1.807, 2.05) is 6.92 Å². The molecule has 36 valence electrons.